The van der Waals surface area contributed by atoms with Crippen LogP contribution in [0.2, 0.25) is 10.0 Å². The zero-order valence-corrected chi connectivity index (χ0v) is 11.1. The van der Waals surface area contributed by atoms with Crippen molar-refractivity contribution in [3.63, 3.8) is 0 Å². The van der Waals surface area contributed by atoms with Crippen molar-refractivity contribution < 1.29 is 4.74 Å². The van der Waals surface area contributed by atoms with Gasteiger partial charge in [-0.2, -0.15) is 0 Å². The molecule has 0 N–H and O–H groups in total. The van der Waals surface area contributed by atoms with Crippen LogP contribution in [0, 0.1) is 6.92 Å². The van der Waals surface area contributed by atoms with Gasteiger partial charge in [0.2, 0.25) is 0 Å². The summed E-state index contributed by atoms with van der Waals surface area (Å²) in [7, 11) is 1.66. The fraction of sp³-hybridized carbons (Fsp3) is 0.143. The predicted molar refractivity (Wildman–Crippen MR) is 73.2 cm³/mol. The summed E-state index contributed by atoms with van der Waals surface area (Å²) < 4.78 is 5.30. The van der Waals surface area contributed by atoms with Gasteiger partial charge in [-0.15, -0.1) is 0 Å². The molecule has 0 saturated carbocycles. The molecule has 0 aliphatic rings. The highest BCUT2D eigenvalue weighted by atomic mass is 35.5. The zero-order chi connectivity index (χ0) is 12.4. The van der Waals surface area contributed by atoms with Crippen LogP contribution in [-0.2, 0) is 0 Å². The van der Waals surface area contributed by atoms with E-state index in [-0.39, 0.29) is 0 Å². The summed E-state index contributed by atoms with van der Waals surface area (Å²) in [5.41, 5.74) is 3.01. The van der Waals surface area contributed by atoms with Gasteiger partial charge in [-0.25, -0.2) is 0 Å². The lowest BCUT2D eigenvalue weighted by molar-refractivity contribution is 0.412. The molecule has 0 saturated heterocycles. The molecular formula is C14H12Cl2O. The molecule has 2 rings (SSSR count). The van der Waals surface area contributed by atoms with E-state index in [0.29, 0.717) is 10.0 Å². The third kappa shape index (κ3) is 2.56. The van der Waals surface area contributed by atoms with Gasteiger partial charge in [0.1, 0.15) is 5.75 Å². The Hall–Kier alpha value is -1.18. The fourth-order valence-corrected chi connectivity index (χ4v) is 2.11. The van der Waals surface area contributed by atoms with Crippen molar-refractivity contribution >= 4 is 23.2 Å². The summed E-state index contributed by atoms with van der Waals surface area (Å²) in [5, 5.41) is 1.35. The highest BCUT2D eigenvalue weighted by Gasteiger charge is 2.07. The highest BCUT2D eigenvalue weighted by molar-refractivity contribution is 6.35. The van der Waals surface area contributed by atoms with Crippen molar-refractivity contribution in [3.05, 3.63) is 52.0 Å². The second-order valence-electron chi connectivity index (χ2n) is 3.81. The molecule has 0 fully saturated rings. The Balaban J connectivity index is 2.56. The largest absolute Gasteiger partial charge is 0.496 e. The van der Waals surface area contributed by atoms with E-state index in [1.54, 1.807) is 19.2 Å². The third-order valence-corrected chi connectivity index (χ3v) is 3.21. The molecule has 1 nitrogen and oxygen atoms in total. The summed E-state index contributed by atoms with van der Waals surface area (Å²) >= 11 is 12.1. The van der Waals surface area contributed by atoms with Crippen LogP contribution in [0.4, 0.5) is 0 Å². The van der Waals surface area contributed by atoms with Gasteiger partial charge in [0.25, 0.3) is 0 Å². The van der Waals surface area contributed by atoms with Crippen LogP contribution in [0.5, 0.6) is 5.75 Å². The summed E-state index contributed by atoms with van der Waals surface area (Å²) in [4.78, 5) is 0. The van der Waals surface area contributed by atoms with E-state index in [4.69, 9.17) is 27.9 Å². The average molecular weight is 267 g/mol. The smallest absolute Gasteiger partial charge is 0.122 e. The van der Waals surface area contributed by atoms with Crippen LogP contribution >= 0.6 is 23.2 Å². The molecule has 88 valence electrons. The molecule has 0 aliphatic carbocycles. The average Bonchev–Trinajstić information content (AvgIpc) is 2.33. The number of aryl methyl sites for hydroxylation is 1. The minimum absolute atomic E-state index is 0.670. The van der Waals surface area contributed by atoms with Crippen LogP contribution < -0.4 is 4.74 Å². The lowest BCUT2D eigenvalue weighted by Crippen LogP contribution is -1.88. The second kappa shape index (κ2) is 4.99. The zero-order valence-electron chi connectivity index (χ0n) is 9.63. The quantitative estimate of drug-likeness (QED) is 0.745. The lowest BCUT2D eigenvalue weighted by Gasteiger charge is -2.09. The molecule has 2 aromatic carbocycles. The van der Waals surface area contributed by atoms with Crippen LogP contribution in [-0.4, -0.2) is 7.11 Å². The Morgan fingerprint density at radius 1 is 1.00 bits per heavy atom. The standard InChI is InChI=1S/C14H12Cl2O/c1-9-3-4-10(7-14(9)17-2)12-8-11(15)5-6-13(12)16/h3-8H,1-2H3. The van der Waals surface area contributed by atoms with Crippen LogP contribution in [0.1, 0.15) is 5.56 Å². The van der Waals surface area contributed by atoms with Gasteiger partial charge in [-0.1, -0.05) is 35.3 Å². The first-order valence-electron chi connectivity index (χ1n) is 5.22. The molecule has 0 bridgehead atoms. The van der Waals surface area contributed by atoms with Crippen molar-refractivity contribution in [2.24, 2.45) is 0 Å². The monoisotopic (exact) mass is 266 g/mol. The van der Waals surface area contributed by atoms with Gasteiger partial charge < -0.3 is 4.74 Å². The SMILES string of the molecule is COc1cc(-c2cc(Cl)ccc2Cl)ccc1C. The Morgan fingerprint density at radius 3 is 2.47 bits per heavy atom. The van der Waals surface area contributed by atoms with Gasteiger partial charge in [0.15, 0.2) is 0 Å². The van der Waals surface area contributed by atoms with E-state index in [2.05, 4.69) is 0 Å². The number of hydrogen-bond donors (Lipinski definition) is 0. The molecule has 3 heteroatoms. The van der Waals surface area contributed by atoms with Gasteiger partial charge in [0, 0.05) is 15.6 Å². The minimum atomic E-state index is 0.670. The number of halogens is 2. The van der Waals surface area contributed by atoms with Crippen LogP contribution in [0.15, 0.2) is 36.4 Å². The Morgan fingerprint density at radius 2 is 1.76 bits per heavy atom. The molecule has 0 heterocycles. The van der Waals surface area contributed by atoms with Crippen LogP contribution in [0.25, 0.3) is 11.1 Å². The number of ether oxygens (including phenoxy) is 1. The maximum Gasteiger partial charge on any atom is 0.122 e. The highest BCUT2D eigenvalue weighted by Crippen LogP contribution is 2.33. The number of rotatable bonds is 2. The van der Waals surface area contributed by atoms with E-state index >= 15 is 0 Å². The topological polar surface area (TPSA) is 9.23 Å². The lowest BCUT2D eigenvalue weighted by atomic mass is 10.0. The van der Waals surface area contributed by atoms with Crippen molar-refractivity contribution in [2.45, 2.75) is 6.92 Å². The van der Waals surface area contributed by atoms with Gasteiger partial charge in [0.05, 0.1) is 7.11 Å². The summed E-state index contributed by atoms with van der Waals surface area (Å²) in [6.45, 7) is 2.00. The molecule has 0 unspecified atom stereocenters. The number of benzene rings is 2. The van der Waals surface area contributed by atoms with Crippen molar-refractivity contribution in [1.29, 1.82) is 0 Å². The minimum Gasteiger partial charge on any atom is -0.496 e. The molecule has 0 atom stereocenters. The first kappa shape index (κ1) is 12.3. The summed E-state index contributed by atoms with van der Waals surface area (Å²) in [6.07, 6.45) is 0. The van der Waals surface area contributed by atoms with Crippen molar-refractivity contribution in [2.75, 3.05) is 7.11 Å². The Bertz CT molecular complexity index is 550. The Kier molecular flexibility index (Phi) is 3.60. The number of methoxy groups -OCH3 is 1. The molecular weight excluding hydrogens is 255 g/mol. The van der Waals surface area contributed by atoms with E-state index in [0.717, 1.165) is 22.4 Å². The molecule has 17 heavy (non-hydrogen) atoms. The molecule has 0 radical (unpaired) electrons. The van der Waals surface area contributed by atoms with E-state index < -0.39 is 0 Å². The molecule has 0 amide bonds. The van der Waals surface area contributed by atoms with Gasteiger partial charge >= 0.3 is 0 Å². The van der Waals surface area contributed by atoms with Crippen LogP contribution in [0.3, 0.4) is 0 Å². The molecule has 0 aromatic heterocycles. The molecule has 2 aromatic rings. The van der Waals surface area contributed by atoms with E-state index in [1.807, 2.05) is 31.2 Å². The Labute approximate surface area is 111 Å². The molecule has 0 aliphatic heterocycles. The first-order valence-corrected chi connectivity index (χ1v) is 5.97. The number of hydrogen-bond acceptors (Lipinski definition) is 1. The van der Waals surface area contributed by atoms with Gasteiger partial charge in [-0.3, -0.25) is 0 Å². The maximum atomic E-state index is 6.17. The van der Waals surface area contributed by atoms with Crippen molar-refractivity contribution in [1.82, 2.24) is 0 Å². The van der Waals surface area contributed by atoms with E-state index in [1.165, 1.54) is 0 Å². The fourth-order valence-electron chi connectivity index (χ4n) is 1.71. The van der Waals surface area contributed by atoms with Gasteiger partial charge in [-0.05, 0) is 42.3 Å². The van der Waals surface area contributed by atoms with Crippen molar-refractivity contribution in [3.8, 4) is 16.9 Å². The predicted octanol–water partition coefficient (Wildman–Crippen LogP) is 4.98. The summed E-state index contributed by atoms with van der Waals surface area (Å²) in [5.74, 6) is 0.846. The molecule has 0 spiro atoms. The third-order valence-electron chi connectivity index (χ3n) is 2.65. The van der Waals surface area contributed by atoms with E-state index in [9.17, 15) is 0 Å². The normalized spacial score (nSPS) is 10.4. The first-order chi connectivity index (χ1) is 8.11. The maximum absolute atomic E-state index is 6.17. The summed E-state index contributed by atoms with van der Waals surface area (Å²) in [6, 6.07) is 11.4. The second-order valence-corrected chi connectivity index (χ2v) is 4.65.